The summed E-state index contributed by atoms with van der Waals surface area (Å²) in [5, 5.41) is 0.152. The van der Waals surface area contributed by atoms with Gasteiger partial charge in [-0.3, -0.25) is 4.79 Å². The van der Waals surface area contributed by atoms with Gasteiger partial charge in [-0.1, -0.05) is 18.2 Å². The molecule has 0 amide bonds. The molecule has 0 fully saturated rings. The third-order valence-electron chi connectivity index (χ3n) is 4.23. The van der Waals surface area contributed by atoms with Crippen molar-refractivity contribution in [1.82, 2.24) is 4.72 Å². The zero-order chi connectivity index (χ0) is 22.3. The first-order valence-corrected chi connectivity index (χ1v) is 9.76. The van der Waals surface area contributed by atoms with Crippen LogP contribution in [0, 0.1) is 0 Å². The number of nitrogens with two attached hydrogens (primary N) is 1. The van der Waals surface area contributed by atoms with Gasteiger partial charge in [0.25, 0.3) is 6.47 Å². The maximum atomic E-state index is 13.4. The van der Waals surface area contributed by atoms with Crippen molar-refractivity contribution in [3.63, 3.8) is 0 Å². The summed E-state index contributed by atoms with van der Waals surface area (Å²) >= 11 is 6.05. The molecule has 0 aromatic heterocycles. The minimum absolute atomic E-state index is 0.106. The van der Waals surface area contributed by atoms with E-state index in [-0.39, 0.29) is 22.9 Å². The minimum atomic E-state index is -4.48. The van der Waals surface area contributed by atoms with Gasteiger partial charge in [-0.25, -0.2) is 4.99 Å². The number of aliphatic imine (C=N–C) groups is 1. The summed E-state index contributed by atoms with van der Waals surface area (Å²) < 4.78 is 48.1. The summed E-state index contributed by atoms with van der Waals surface area (Å²) in [6.45, 7) is 1.90. The highest BCUT2D eigenvalue weighted by Gasteiger charge is 2.35. The zero-order valence-corrected chi connectivity index (χ0v) is 17.6. The van der Waals surface area contributed by atoms with Gasteiger partial charge in [-0.2, -0.15) is 13.2 Å². The van der Waals surface area contributed by atoms with Crippen LogP contribution in [0.2, 0.25) is 0 Å². The van der Waals surface area contributed by atoms with Crippen LogP contribution in [0.4, 0.5) is 18.9 Å². The SMILES string of the molecule is CC(c1ccccc1C(F)(F)F)N(C)c1ccc(SNC(=S)N=CN)cc1OC=O. The second-order valence-corrected chi connectivity index (χ2v) is 7.27. The molecule has 0 saturated heterocycles. The van der Waals surface area contributed by atoms with Gasteiger partial charge in [0, 0.05) is 11.9 Å². The number of anilines is 1. The lowest BCUT2D eigenvalue weighted by molar-refractivity contribution is -0.138. The Morgan fingerprint density at radius 1 is 1.33 bits per heavy atom. The van der Waals surface area contributed by atoms with E-state index in [0.717, 1.165) is 24.4 Å². The van der Waals surface area contributed by atoms with Crippen LogP contribution in [0.5, 0.6) is 5.75 Å². The Kier molecular flexibility index (Phi) is 8.07. The molecule has 0 radical (unpaired) electrons. The lowest BCUT2D eigenvalue weighted by Gasteiger charge is -2.30. The molecule has 0 aliphatic carbocycles. The molecule has 0 bridgehead atoms. The smallest absolute Gasteiger partial charge is 0.416 e. The first kappa shape index (κ1) is 23.5. The Morgan fingerprint density at radius 2 is 2.03 bits per heavy atom. The molecule has 30 heavy (non-hydrogen) atoms. The lowest BCUT2D eigenvalue weighted by Crippen LogP contribution is -2.25. The van der Waals surface area contributed by atoms with E-state index in [1.807, 2.05) is 0 Å². The Morgan fingerprint density at radius 3 is 2.67 bits per heavy atom. The predicted octanol–water partition coefficient (Wildman–Crippen LogP) is 4.31. The molecule has 0 saturated carbocycles. The second kappa shape index (κ2) is 10.3. The molecule has 2 rings (SSSR count). The van der Waals surface area contributed by atoms with E-state index in [9.17, 15) is 18.0 Å². The topological polar surface area (TPSA) is 79.9 Å². The molecule has 0 aliphatic rings. The molecule has 0 heterocycles. The van der Waals surface area contributed by atoms with Crippen LogP contribution in [0.1, 0.15) is 24.1 Å². The molecule has 3 N–H and O–H groups in total. The number of carbonyl (C=O) groups is 1. The van der Waals surface area contributed by atoms with Crippen molar-refractivity contribution in [2.45, 2.75) is 24.0 Å². The first-order valence-electron chi connectivity index (χ1n) is 8.53. The monoisotopic (exact) mass is 456 g/mol. The number of hydrogen-bond acceptors (Lipinski definition) is 5. The normalized spacial score (nSPS) is 12.4. The van der Waals surface area contributed by atoms with Gasteiger partial charge in [0.2, 0.25) is 5.11 Å². The molecule has 1 atom stereocenters. The standard InChI is InChI=1S/C19H19F3N4O2S2/c1-12(14-5-3-4-6-15(14)19(20,21)22)26(2)16-8-7-13(9-17(16)28-11-27)30-25-18(29)24-10-23/h3-12H,1-2H3,(H3,23,24,25,29). The second-order valence-electron chi connectivity index (χ2n) is 6.00. The Labute approximate surface area is 181 Å². The van der Waals surface area contributed by atoms with Crippen molar-refractivity contribution in [2.24, 2.45) is 10.7 Å². The van der Waals surface area contributed by atoms with Crippen molar-refractivity contribution < 1.29 is 22.7 Å². The average molecular weight is 457 g/mol. The maximum Gasteiger partial charge on any atom is 0.416 e. The molecule has 2 aromatic carbocycles. The summed E-state index contributed by atoms with van der Waals surface area (Å²) in [5.41, 5.74) is 5.00. The van der Waals surface area contributed by atoms with E-state index in [0.29, 0.717) is 10.6 Å². The number of halogens is 3. The van der Waals surface area contributed by atoms with Gasteiger partial charge < -0.3 is 20.1 Å². The molecule has 0 aliphatic heterocycles. The highest BCUT2D eigenvalue weighted by molar-refractivity contribution is 7.99. The highest BCUT2D eigenvalue weighted by Crippen LogP contribution is 2.40. The molecule has 0 spiro atoms. The largest absolute Gasteiger partial charge is 0.426 e. The maximum absolute atomic E-state index is 13.4. The number of benzene rings is 2. The minimum Gasteiger partial charge on any atom is -0.426 e. The van der Waals surface area contributed by atoms with Crippen molar-refractivity contribution in [1.29, 1.82) is 0 Å². The summed E-state index contributed by atoms with van der Waals surface area (Å²) in [6.07, 6.45) is -3.43. The van der Waals surface area contributed by atoms with Gasteiger partial charge in [-0.15, -0.1) is 0 Å². The summed E-state index contributed by atoms with van der Waals surface area (Å²) in [5.74, 6) is 0.184. The van der Waals surface area contributed by atoms with E-state index in [2.05, 4.69) is 9.71 Å². The van der Waals surface area contributed by atoms with Crippen LogP contribution in [0.3, 0.4) is 0 Å². The number of hydrogen-bond donors (Lipinski definition) is 2. The number of rotatable bonds is 7. The van der Waals surface area contributed by atoms with Gasteiger partial charge in [0.1, 0.15) is 0 Å². The van der Waals surface area contributed by atoms with Crippen LogP contribution in [0.15, 0.2) is 52.4 Å². The fraction of sp³-hybridized carbons (Fsp3) is 0.211. The first-order chi connectivity index (χ1) is 14.2. The van der Waals surface area contributed by atoms with Gasteiger partial charge in [0.05, 0.1) is 23.6 Å². The Balaban J connectivity index is 2.33. The fourth-order valence-corrected chi connectivity index (χ4v) is 3.47. The van der Waals surface area contributed by atoms with Gasteiger partial charge >= 0.3 is 6.18 Å². The molecular formula is C19H19F3N4O2S2. The van der Waals surface area contributed by atoms with Crippen LogP contribution < -0.4 is 20.1 Å². The Hall–Kier alpha value is -2.79. The third kappa shape index (κ3) is 5.86. The van der Waals surface area contributed by atoms with E-state index in [1.165, 1.54) is 12.1 Å². The average Bonchev–Trinajstić information content (AvgIpc) is 2.71. The van der Waals surface area contributed by atoms with Gasteiger partial charge in [-0.05, 0) is 60.9 Å². The van der Waals surface area contributed by atoms with Crippen molar-refractivity contribution in [2.75, 3.05) is 11.9 Å². The molecule has 2 aromatic rings. The van der Waals surface area contributed by atoms with Crippen molar-refractivity contribution in [3.8, 4) is 5.75 Å². The number of ether oxygens (including phenoxy) is 1. The van der Waals surface area contributed by atoms with E-state index >= 15 is 0 Å². The predicted molar refractivity (Wildman–Crippen MR) is 116 cm³/mol. The highest BCUT2D eigenvalue weighted by atomic mass is 32.2. The quantitative estimate of drug-likeness (QED) is 0.211. The van der Waals surface area contributed by atoms with Gasteiger partial charge in [0.15, 0.2) is 5.75 Å². The van der Waals surface area contributed by atoms with Crippen molar-refractivity contribution in [3.05, 3.63) is 53.6 Å². The van der Waals surface area contributed by atoms with E-state index in [4.69, 9.17) is 22.7 Å². The summed E-state index contributed by atoms with van der Waals surface area (Å²) in [7, 11) is 1.63. The molecular weight excluding hydrogens is 437 g/mol. The van der Waals surface area contributed by atoms with E-state index < -0.39 is 17.8 Å². The van der Waals surface area contributed by atoms with Crippen molar-refractivity contribution >= 4 is 47.8 Å². The molecule has 1 unspecified atom stereocenters. The Bertz CT molecular complexity index is 938. The van der Waals surface area contributed by atoms with Crippen LogP contribution in [-0.4, -0.2) is 25.0 Å². The summed E-state index contributed by atoms with van der Waals surface area (Å²) in [6, 6.07) is 9.63. The molecule has 6 nitrogen and oxygen atoms in total. The van der Waals surface area contributed by atoms with E-state index in [1.54, 1.807) is 43.1 Å². The fourth-order valence-electron chi connectivity index (χ4n) is 2.73. The van der Waals surface area contributed by atoms with Crippen LogP contribution >= 0.6 is 24.2 Å². The molecule has 11 heteroatoms. The number of nitrogens with one attached hydrogen (secondary N) is 1. The van der Waals surface area contributed by atoms with Crippen LogP contribution in [-0.2, 0) is 11.0 Å². The summed E-state index contributed by atoms with van der Waals surface area (Å²) in [4.78, 5) is 16.9. The number of nitrogens with zero attached hydrogens (tertiary/aromatic N) is 2. The molecule has 160 valence electrons. The van der Waals surface area contributed by atoms with Crippen LogP contribution in [0.25, 0.3) is 0 Å². The number of alkyl halides is 3. The number of thiocarbonyl (C=S) groups is 1. The third-order valence-corrected chi connectivity index (χ3v) is 5.35. The number of carbonyl (C=O) groups excluding carboxylic acids is 1. The zero-order valence-electron chi connectivity index (χ0n) is 16.0. The lowest BCUT2D eigenvalue weighted by atomic mass is 9.99.